The van der Waals surface area contributed by atoms with E-state index in [0.29, 0.717) is 6.04 Å². The lowest BCUT2D eigenvalue weighted by Crippen LogP contribution is -2.33. The van der Waals surface area contributed by atoms with Gasteiger partial charge in [0.05, 0.1) is 0 Å². The van der Waals surface area contributed by atoms with Gasteiger partial charge in [-0.3, -0.25) is 0 Å². The van der Waals surface area contributed by atoms with Crippen molar-refractivity contribution in [3.05, 3.63) is 21.9 Å². The van der Waals surface area contributed by atoms with Crippen LogP contribution in [0.15, 0.2) is 11.4 Å². The lowest BCUT2D eigenvalue weighted by atomic mass is 9.80. The van der Waals surface area contributed by atoms with Crippen molar-refractivity contribution in [2.24, 2.45) is 0 Å². The Hall–Kier alpha value is -0.340. The Morgan fingerprint density at radius 1 is 1.25 bits per heavy atom. The minimum absolute atomic E-state index is 0.690. The highest BCUT2D eigenvalue weighted by Crippen LogP contribution is 2.38. The van der Waals surface area contributed by atoms with Gasteiger partial charge in [-0.2, -0.15) is 0 Å². The largest absolute Gasteiger partial charge is 0.316 e. The first-order chi connectivity index (χ1) is 9.86. The van der Waals surface area contributed by atoms with Crippen molar-refractivity contribution in [1.29, 1.82) is 0 Å². The minimum atomic E-state index is 0.690. The van der Waals surface area contributed by atoms with Gasteiger partial charge in [0.2, 0.25) is 0 Å². The molecule has 1 aromatic heterocycles. The van der Waals surface area contributed by atoms with E-state index in [0.717, 1.165) is 5.92 Å². The quantitative estimate of drug-likeness (QED) is 0.592. The molecule has 2 atom stereocenters. The Balaban J connectivity index is 1.78. The van der Waals surface area contributed by atoms with Crippen molar-refractivity contribution in [2.45, 2.75) is 83.1 Å². The van der Waals surface area contributed by atoms with Crippen LogP contribution in [0.5, 0.6) is 0 Å². The molecule has 0 saturated carbocycles. The molecule has 0 aromatic carbocycles. The van der Waals surface area contributed by atoms with Crippen molar-refractivity contribution in [3.8, 4) is 0 Å². The van der Waals surface area contributed by atoms with Crippen LogP contribution in [0.25, 0.3) is 0 Å². The molecule has 114 valence electrons. The molecule has 2 rings (SSSR count). The molecule has 0 spiro atoms. The highest BCUT2D eigenvalue weighted by atomic mass is 32.1. The Bertz CT molecular complexity index is 371. The van der Waals surface area contributed by atoms with Gasteiger partial charge in [-0.05, 0) is 49.7 Å². The van der Waals surface area contributed by atoms with Crippen LogP contribution in [0.2, 0.25) is 0 Å². The van der Waals surface area contributed by atoms with E-state index >= 15 is 0 Å². The fourth-order valence-corrected chi connectivity index (χ4v) is 4.63. The summed E-state index contributed by atoms with van der Waals surface area (Å²) >= 11 is 1.97. The van der Waals surface area contributed by atoms with Gasteiger partial charge in [-0.25, -0.2) is 0 Å². The molecule has 0 amide bonds. The highest BCUT2D eigenvalue weighted by Gasteiger charge is 2.27. The molecule has 20 heavy (non-hydrogen) atoms. The summed E-state index contributed by atoms with van der Waals surface area (Å²) in [5, 5.41) is 5.90. The third-order valence-corrected chi connectivity index (χ3v) is 5.82. The zero-order chi connectivity index (χ0) is 14.2. The van der Waals surface area contributed by atoms with Gasteiger partial charge < -0.3 is 5.32 Å². The van der Waals surface area contributed by atoms with Gasteiger partial charge in [-0.1, -0.05) is 45.4 Å². The Labute approximate surface area is 129 Å². The zero-order valence-corrected chi connectivity index (χ0v) is 14.1. The SMILES string of the molecule is CCCCCCCCC(NC)C1CCCc2sccc21. The Kier molecular flexibility index (Phi) is 7.09. The summed E-state index contributed by atoms with van der Waals surface area (Å²) in [4.78, 5) is 1.66. The number of fused-ring (bicyclic) bond motifs is 1. The van der Waals surface area contributed by atoms with E-state index in [1.165, 1.54) is 64.2 Å². The molecule has 0 fully saturated rings. The molecule has 0 saturated heterocycles. The summed E-state index contributed by atoms with van der Waals surface area (Å²) in [5.74, 6) is 0.769. The van der Waals surface area contributed by atoms with Crippen molar-refractivity contribution < 1.29 is 0 Å². The van der Waals surface area contributed by atoms with Crippen LogP contribution in [0, 0.1) is 0 Å². The number of aryl methyl sites for hydroxylation is 1. The van der Waals surface area contributed by atoms with E-state index in [4.69, 9.17) is 0 Å². The second-order valence-electron chi connectivity index (χ2n) is 6.25. The van der Waals surface area contributed by atoms with Gasteiger partial charge >= 0.3 is 0 Å². The lowest BCUT2D eigenvalue weighted by Gasteiger charge is -2.30. The summed E-state index contributed by atoms with van der Waals surface area (Å²) < 4.78 is 0. The van der Waals surface area contributed by atoms with Crippen LogP contribution in [0.3, 0.4) is 0 Å². The third-order valence-electron chi connectivity index (χ3n) is 4.82. The van der Waals surface area contributed by atoms with Crippen LogP contribution in [0.1, 0.15) is 81.1 Å². The van der Waals surface area contributed by atoms with Gasteiger partial charge in [0.15, 0.2) is 0 Å². The summed E-state index contributed by atoms with van der Waals surface area (Å²) in [5.41, 5.74) is 1.66. The van der Waals surface area contributed by atoms with Crippen LogP contribution in [0.4, 0.5) is 0 Å². The second-order valence-corrected chi connectivity index (χ2v) is 7.25. The number of unbranched alkanes of at least 4 members (excludes halogenated alkanes) is 5. The highest BCUT2D eigenvalue weighted by molar-refractivity contribution is 7.10. The maximum absolute atomic E-state index is 3.61. The van der Waals surface area contributed by atoms with Crippen LogP contribution in [-0.2, 0) is 6.42 Å². The van der Waals surface area contributed by atoms with Gasteiger partial charge in [-0.15, -0.1) is 11.3 Å². The van der Waals surface area contributed by atoms with E-state index < -0.39 is 0 Å². The molecule has 0 radical (unpaired) electrons. The maximum atomic E-state index is 3.61. The van der Waals surface area contributed by atoms with E-state index in [9.17, 15) is 0 Å². The van der Waals surface area contributed by atoms with Crippen LogP contribution < -0.4 is 5.32 Å². The molecular weight excluding hydrogens is 262 g/mol. The smallest absolute Gasteiger partial charge is 0.0133 e. The first-order valence-electron chi connectivity index (χ1n) is 8.60. The summed E-state index contributed by atoms with van der Waals surface area (Å²) in [7, 11) is 2.16. The molecule has 1 heterocycles. The second kappa shape index (κ2) is 8.84. The molecule has 0 bridgehead atoms. The molecule has 1 aliphatic rings. The van der Waals surface area contributed by atoms with E-state index in [-0.39, 0.29) is 0 Å². The standard InChI is InChI=1S/C18H31NS/c1-3-4-5-6-7-8-11-17(19-2)15-10-9-12-18-16(15)13-14-20-18/h13-15,17,19H,3-12H2,1-2H3. The monoisotopic (exact) mass is 293 g/mol. The number of rotatable bonds is 9. The first kappa shape index (κ1) is 16.0. The Morgan fingerprint density at radius 2 is 2.05 bits per heavy atom. The Morgan fingerprint density at radius 3 is 2.85 bits per heavy atom. The molecule has 2 unspecified atom stereocenters. The summed E-state index contributed by atoms with van der Waals surface area (Å²) in [6.45, 7) is 2.29. The average molecular weight is 294 g/mol. The third kappa shape index (κ3) is 4.33. The summed E-state index contributed by atoms with van der Waals surface area (Å²) in [6.07, 6.45) is 13.9. The van der Waals surface area contributed by atoms with Crippen molar-refractivity contribution in [3.63, 3.8) is 0 Å². The lowest BCUT2D eigenvalue weighted by molar-refractivity contribution is 0.382. The number of likely N-dealkylation sites (N-methyl/N-ethyl adjacent to an activating group) is 1. The molecule has 1 aliphatic carbocycles. The minimum Gasteiger partial charge on any atom is -0.316 e. The molecule has 1 N–H and O–H groups in total. The predicted molar refractivity (Wildman–Crippen MR) is 90.8 cm³/mol. The fourth-order valence-electron chi connectivity index (χ4n) is 3.63. The number of nitrogens with one attached hydrogen (secondary N) is 1. The van der Waals surface area contributed by atoms with Gasteiger partial charge in [0.25, 0.3) is 0 Å². The first-order valence-corrected chi connectivity index (χ1v) is 9.48. The molecule has 0 aliphatic heterocycles. The summed E-state index contributed by atoms with van der Waals surface area (Å²) in [6, 6.07) is 3.07. The zero-order valence-electron chi connectivity index (χ0n) is 13.3. The van der Waals surface area contributed by atoms with Crippen LogP contribution >= 0.6 is 11.3 Å². The van der Waals surface area contributed by atoms with E-state index in [1.807, 2.05) is 11.3 Å². The number of thiophene rings is 1. The molecular formula is C18H31NS. The molecule has 1 aromatic rings. The average Bonchev–Trinajstić information content (AvgIpc) is 2.95. The van der Waals surface area contributed by atoms with Crippen molar-refractivity contribution in [2.75, 3.05) is 7.05 Å². The van der Waals surface area contributed by atoms with E-state index in [1.54, 1.807) is 10.4 Å². The van der Waals surface area contributed by atoms with E-state index in [2.05, 4.69) is 30.7 Å². The van der Waals surface area contributed by atoms with Crippen molar-refractivity contribution in [1.82, 2.24) is 5.32 Å². The predicted octanol–water partition coefficient (Wildman–Crippen LogP) is 5.51. The molecule has 1 nitrogen and oxygen atoms in total. The van der Waals surface area contributed by atoms with Crippen LogP contribution in [-0.4, -0.2) is 13.1 Å². The maximum Gasteiger partial charge on any atom is 0.0133 e. The van der Waals surface area contributed by atoms with Gasteiger partial charge in [0, 0.05) is 16.8 Å². The van der Waals surface area contributed by atoms with Gasteiger partial charge in [0.1, 0.15) is 0 Å². The fraction of sp³-hybridized carbons (Fsp3) is 0.778. The normalized spacial score (nSPS) is 19.8. The molecule has 2 heteroatoms. The number of hydrogen-bond acceptors (Lipinski definition) is 2. The number of hydrogen-bond donors (Lipinski definition) is 1. The topological polar surface area (TPSA) is 12.0 Å². The van der Waals surface area contributed by atoms with Crippen molar-refractivity contribution >= 4 is 11.3 Å².